The number of carbonyl (C=O) groups excluding carboxylic acids is 1. The Kier molecular flexibility index (Phi) is 6.29. The van der Waals surface area contributed by atoms with Crippen LogP contribution in [-0.4, -0.2) is 34.0 Å². The van der Waals surface area contributed by atoms with Gasteiger partial charge in [-0.15, -0.1) is 0 Å². The number of nitrogens with zero attached hydrogens (tertiary/aromatic N) is 3. The summed E-state index contributed by atoms with van der Waals surface area (Å²) >= 11 is 0. The highest BCUT2D eigenvalue weighted by atomic mass is 16.5. The summed E-state index contributed by atoms with van der Waals surface area (Å²) in [7, 11) is 1.76. The Bertz CT molecular complexity index is 1490. The first-order valence-electron chi connectivity index (χ1n) is 11.8. The number of rotatable bonds is 7. The number of amides is 1. The van der Waals surface area contributed by atoms with Gasteiger partial charge in [-0.3, -0.25) is 4.79 Å². The van der Waals surface area contributed by atoms with E-state index in [0.717, 1.165) is 27.3 Å². The van der Waals surface area contributed by atoms with Crippen LogP contribution in [0.5, 0.6) is 0 Å². The first-order chi connectivity index (χ1) is 17.0. The Balaban J connectivity index is 1.38. The van der Waals surface area contributed by atoms with E-state index < -0.39 is 12.1 Å². The van der Waals surface area contributed by atoms with Crippen molar-refractivity contribution in [2.45, 2.75) is 31.8 Å². The van der Waals surface area contributed by atoms with Crippen molar-refractivity contribution >= 4 is 27.5 Å². The molecule has 0 fully saturated rings. The zero-order valence-electron chi connectivity index (χ0n) is 19.9. The molecule has 0 radical (unpaired) electrons. The maximum Gasteiger partial charge on any atom is 0.249 e. The molecule has 0 aliphatic heterocycles. The van der Waals surface area contributed by atoms with E-state index in [-0.39, 0.29) is 5.91 Å². The van der Waals surface area contributed by atoms with Gasteiger partial charge < -0.3 is 15.2 Å². The molecule has 176 valence electrons. The second-order valence-corrected chi connectivity index (χ2v) is 9.02. The van der Waals surface area contributed by atoms with Crippen molar-refractivity contribution in [3.63, 3.8) is 0 Å². The molecule has 0 aliphatic rings. The summed E-state index contributed by atoms with van der Waals surface area (Å²) in [6, 6.07) is 27.7. The topological polar surface area (TPSA) is 85.2 Å². The third kappa shape index (κ3) is 4.93. The second-order valence-electron chi connectivity index (χ2n) is 9.02. The van der Waals surface area contributed by atoms with E-state index in [0.29, 0.717) is 24.6 Å². The van der Waals surface area contributed by atoms with Crippen LogP contribution in [0.15, 0.2) is 89.5 Å². The van der Waals surface area contributed by atoms with Crippen LogP contribution in [-0.2, 0) is 17.6 Å². The summed E-state index contributed by atoms with van der Waals surface area (Å²) in [4.78, 5) is 19.5. The molecule has 0 saturated carbocycles. The van der Waals surface area contributed by atoms with E-state index >= 15 is 0 Å². The number of carbonyl (C=O) groups is 1. The standard InChI is InChI=1S/C29H28N4O2/c1-19-31-28(35-32-19)27(18-21-12-14-23-8-4-6-10-25(23)16-21)33(2)29(34)26(30)17-20-11-13-22-7-3-5-9-24(22)15-20/h3-16,26-27H,17-18,30H2,1-2H3/t26?,27-/m1/s1. The molecule has 1 amide bonds. The van der Waals surface area contributed by atoms with Gasteiger partial charge in [0.25, 0.3) is 0 Å². The quantitative estimate of drug-likeness (QED) is 0.366. The lowest BCUT2D eigenvalue weighted by Crippen LogP contribution is -2.45. The molecule has 0 bridgehead atoms. The Morgan fingerprint density at radius 2 is 1.40 bits per heavy atom. The number of nitrogens with two attached hydrogens (primary N) is 1. The molecule has 0 aliphatic carbocycles. The third-order valence-electron chi connectivity index (χ3n) is 6.47. The smallest absolute Gasteiger partial charge is 0.249 e. The monoisotopic (exact) mass is 464 g/mol. The summed E-state index contributed by atoms with van der Waals surface area (Å²) < 4.78 is 5.51. The molecule has 2 atom stereocenters. The minimum Gasteiger partial charge on any atom is -0.337 e. The molecule has 0 spiro atoms. The Labute approximate surface area is 204 Å². The van der Waals surface area contributed by atoms with Crippen LogP contribution in [0.2, 0.25) is 0 Å². The van der Waals surface area contributed by atoms with E-state index in [1.165, 1.54) is 5.39 Å². The van der Waals surface area contributed by atoms with Crippen molar-refractivity contribution in [1.82, 2.24) is 15.0 Å². The summed E-state index contributed by atoms with van der Waals surface area (Å²) in [6.07, 6.45) is 0.983. The summed E-state index contributed by atoms with van der Waals surface area (Å²) in [6.45, 7) is 1.77. The Morgan fingerprint density at radius 1 is 0.857 bits per heavy atom. The van der Waals surface area contributed by atoms with Crippen LogP contribution in [0.4, 0.5) is 0 Å². The zero-order chi connectivity index (χ0) is 24.4. The fourth-order valence-corrected chi connectivity index (χ4v) is 4.55. The highest BCUT2D eigenvalue weighted by Gasteiger charge is 2.30. The third-order valence-corrected chi connectivity index (χ3v) is 6.47. The molecule has 6 nitrogen and oxygen atoms in total. The molecule has 6 heteroatoms. The molecule has 2 N–H and O–H groups in total. The van der Waals surface area contributed by atoms with Gasteiger partial charge >= 0.3 is 0 Å². The second kappa shape index (κ2) is 9.68. The molecule has 1 unspecified atom stereocenters. The van der Waals surface area contributed by atoms with Crippen molar-refractivity contribution in [2.75, 3.05) is 7.05 Å². The number of fused-ring (bicyclic) bond motifs is 2. The van der Waals surface area contributed by atoms with Crippen LogP contribution in [0.3, 0.4) is 0 Å². The molecule has 0 saturated heterocycles. The predicted octanol–water partition coefficient (Wildman–Crippen LogP) is 5.00. The van der Waals surface area contributed by atoms with Gasteiger partial charge in [0.1, 0.15) is 6.04 Å². The van der Waals surface area contributed by atoms with Crippen molar-refractivity contribution in [3.8, 4) is 0 Å². The number of likely N-dealkylation sites (N-methyl/N-ethyl adjacent to an activating group) is 1. The number of hydrogen-bond acceptors (Lipinski definition) is 5. The molecular weight excluding hydrogens is 436 g/mol. The Hall–Kier alpha value is -4.03. The zero-order valence-corrected chi connectivity index (χ0v) is 19.9. The lowest BCUT2D eigenvalue weighted by Gasteiger charge is -2.28. The first-order valence-corrected chi connectivity index (χ1v) is 11.8. The number of aryl methyl sites for hydroxylation is 1. The highest BCUT2D eigenvalue weighted by Crippen LogP contribution is 2.26. The van der Waals surface area contributed by atoms with Crippen molar-refractivity contribution in [2.24, 2.45) is 5.73 Å². The maximum atomic E-state index is 13.4. The van der Waals surface area contributed by atoms with E-state index in [9.17, 15) is 4.79 Å². The van der Waals surface area contributed by atoms with E-state index in [1.54, 1.807) is 18.9 Å². The van der Waals surface area contributed by atoms with Gasteiger partial charge in [-0.2, -0.15) is 4.98 Å². The van der Waals surface area contributed by atoms with E-state index in [2.05, 4.69) is 64.7 Å². The van der Waals surface area contributed by atoms with Crippen LogP contribution in [0.25, 0.3) is 21.5 Å². The fraction of sp³-hybridized carbons (Fsp3) is 0.207. The molecule has 35 heavy (non-hydrogen) atoms. The lowest BCUT2D eigenvalue weighted by atomic mass is 9.99. The minimum atomic E-state index is -0.690. The SMILES string of the molecule is Cc1noc([C@@H](Cc2ccc3ccccc3c2)N(C)C(=O)C(N)Cc2ccc3ccccc3c2)n1. The molecule has 4 aromatic carbocycles. The van der Waals surface area contributed by atoms with Gasteiger partial charge in [0.2, 0.25) is 11.8 Å². The first kappa shape index (κ1) is 22.7. The maximum absolute atomic E-state index is 13.4. The summed E-state index contributed by atoms with van der Waals surface area (Å²) in [5.41, 5.74) is 8.53. The average Bonchev–Trinajstić information content (AvgIpc) is 3.32. The molecular formula is C29H28N4O2. The number of aromatic nitrogens is 2. The van der Waals surface area contributed by atoms with Crippen LogP contribution >= 0.6 is 0 Å². The van der Waals surface area contributed by atoms with Crippen molar-refractivity contribution in [1.29, 1.82) is 0 Å². The van der Waals surface area contributed by atoms with Gasteiger partial charge in [-0.25, -0.2) is 0 Å². The fourth-order valence-electron chi connectivity index (χ4n) is 4.55. The molecule has 5 rings (SSSR count). The van der Waals surface area contributed by atoms with Gasteiger partial charge in [0.15, 0.2) is 5.82 Å². The molecule has 1 aromatic heterocycles. The van der Waals surface area contributed by atoms with Gasteiger partial charge in [-0.05, 0) is 46.0 Å². The van der Waals surface area contributed by atoms with Crippen LogP contribution < -0.4 is 5.73 Å². The van der Waals surface area contributed by atoms with Crippen LogP contribution in [0, 0.1) is 6.92 Å². The van der Waals surface area contributed by atoms with Gasteiger partial charge in [-0.1, -0.05) is 90.1 Å². The molecule has 5 aromatic rings. The van der Waals surface area contributed by atoms with Gasteiger partial charge in [0, 0.05) is 13.5 Å². The van der Waals surface area contributed by atoms with Gasteiger partial charge in [0.05, 0.1) is 6.04 Å². The van der Waals surface area contributed by atoms with Crippen molar-refractivity contribution < 1.29 is 9.32 Å². The summed E-state index contributed by atoms with van der Waals surface area (Å²) in [5, 5.41) is 8.57. The van der Waals surface area contributed by atoms with Crippen molar-refractivity contribution in [3.05, 3.63) is 108 Å². The summed E-state index contributed by atoms with van der Waals surface area (Å²) in [5.74, 6) is 0.772. The van der Waals surface area contributed by atoms with E-state index in [1.807, 2.05) is 30.3 Å². The Morgan fingerprint density at radius 3 is 1.94 bits per heavy atom. The molecule has 1 heterocycles. The minimum absolute atomic E-state index is 0.167. The highest BCUT2D eigenvalue weighted by molar-refractivity contribution is 5.85. The van der Waals surface area contributed by atoms with E-state index in [4.69, 9.17) is 10.3 Å². The van der Waals surface area contributed by atoms with Crippen LogP contribution in [0.1, 0.15) is 28.9 Å². The predicted molar refractivity (Wildman–Crippen MR) is 138 cm³/mol. The average molecular weight is 465 g/mol. The lowest BCUT2D eigenvalue weighted by molar-refractivity contribution is -0.134. The normalized spacial score (nSPS) is 13.1. The number of benzene rings is 4. The number of hydrogen-bond donors (Lipinski definition) is 1. The largest absolute Gasteiger partial charge is 0.337 e.